The van der Waals surface area contributed by atoms with Crippen LogP contribution in [0.5, 0.6) is 0 Å². The van der Waals surface area contributed by atoms with Gasteiger partial charge in [-0.3, -0.25) is 14.1 Å². The van der Waals surface area contributed by atoms with Crippen LogP contribution in [0.2, 0.25) is 0 Å². The van der Waals surface area contributed by atoms with Gasteiger partial charge < -0.3 is 19.3 Å². The summed E-state index contributed by atoms with van der Waals surface area (Å²) in [6.45, 7) is 3.49. The zero-order valence-electron chi connectivity index (χ0n) is 29.4. The summed E-state index contributed by atoms with van der Waals surface area (Å²) in [5.41, 5.74) is 0. The summed E-state index contributed by atoms with van der Waals surface area (Å²) in [5.74, 6) is -0.950. The van der Waals surface area contributed by atoms with E-state index in [1.165, 1.54) is 38.5 Å². The van der Waals surface area contributed by atoms with Gasteiger partial charge in [-0.05, 0) is 77.0 Å². The number of esters is 2. The average Bonchev–Trinajstić information content (AvgIpc) is 3.03. The number of carbonyl (C=O) groups is 2. The fraction of sp³-hybridized carbons (Fsp3) is 0.684. The number of rotatable bonds is 32. The number of hydrogen-bond donors (Lipinski definition) is 2. The molecule has 0 rings (SSSR count). The van der Waals surface area contributed by atoms with Gasteiger partial charge in [-0.2, -0.15) is 0 Å². The van der Waals surface area contributed by atoms with Crippen molar-refractivity contribution in [3.05, 3.63) is 60.8 Å². The molecule has 0 amide bonds. The molecule has 0 saturated heterocycles. The van der Waals surface area contributed by atoms with Crippen LogP contribution in [0.3, 0.4) is 0 Å². The van der Waals surface area contributed by atoms with E-state index >= 15 is 0 Å². The Hall–Kier alpha value is -2.25. The van der Waals surface area contributed by atoms with Crippen molar-refractivity contribution in [1.29, 1.82) is 0 Å². The molecule has 0 aliphatic heterocycles. The van der Waals surface area contributed by atoms with Gasteiger partial charge in [-0.25, -0.2) is 4.57 Å². The molecule has 47 heavy (non-hydrogen) atoms. The predicted octanol–water partition coefficient (Wildman–Crippen LogP) is 10.6. The van der Waals surface area contributed by atoms with E-state index in [1.54, 1.807) is 0 Å². The highest BCUT2D eigenvalue weighted by molar-refractivity contribution is 7.46. The summed E-state index contributed by atoms with van der Waals surface area (Å²) in [6.07, 6.45) is 40.9. The maximum atomic E-state index is 12.3. The van der Waals surface area contributed by atoms with E-state index in [2.05, 4.69) is 79.1 Å². The van der Waals surface area contributed by atoms with Crippen LogP contribution in [0.25, 0.3) is 0 Å². The first-order chi connectivity index (χ1) is 22.8. The number of allylic oxidation sites excluding steroid dienone is 10. The molecule has 9 heteroatoms. The van der Waals surface area contributed by atoms with Crippen LogP contribution >= 0.6 is 7.82 Å². The Morgan fingerprint density at radius 2 is 1.02 bits per heavy atom. The van der Waals surface area contributed by atoms with E-state index in [0.717, 1.165) is 70.6 Å². The predicted molar refractivity (Wildman–Crippen MR) is 193 cm³/mol. The summed E-state index contributed by atoms with van der Waals surface area (Å²) < 4.78 is 26.2. The molecule has 0 aliphatic rings. The van der Waals surface area contributed by atoms with Gasteiger partial charge in [0.25, 0.3) is 0 Å². The highest BCUT2D eigenvalue weighted by Gasteiger charge is 2.22. The molecule has 0 heterocycles. The largest absolute Gasteiger partial charge is 0.469 e. The molecule has 0 aromatic heterocycles. The van der Waals surface area contributed by atoms with Crippen LogP contribution in [-0.2, 0) is 28.2 Å². The average molecular weight is 681 g/mol. The highest BCUT2D eigenvalue weighted by atomic mass is 31.2. The zero-order valence-corrected chi connectivity index (χ0v) is 30.3. The Kier molecular flexibility index (Phi) is 32.0. The highest BCUT2D eigenvalue weighted by Crippen LogP contribution is 2.35. The molecule has 0 spiro atoms. The van der Waals surface area contributed by atoms with Gasteiger partial charge in [-0.1, -0.05) is 120 Å². The van der Waals surface area contributed by atoms with Crippen LogP contribution in [0.15, 0.2) is 60.8 Å². The third-order valence-electron chi connectivity index (χ3n) is 7.27. The van der Waals surface area contributed by atoms with E-state index in [0.29, 0.717) is 12.8 Å². The van der Waals surface area contributed by atoms with Crippen molar-refractivity contribution in [2.45, 2.75) is 155 Å². The van der Waals surface area contributed by atoms with Gasteiger partial charge in [0, 0.05) is 12.8 Å². The quantitative estimate of drug-likeness (QED) is 0.0312. The van der Waals surface area contributed by atoms with Gasteiger partial charge in [-0.15, -0.1) is 0 Å². The molecule has 0 fully saturated rings. The maximum absolute atomic E-state index is 12.3. The Bertz CT molecular complexity index is 947. The number of unbranched alkanes of at least 4 members (excludes halogenated alkanes) is 12. The Morgan fingerprint density at radius 3 is 1.60 bits per heavy atom. The van der Waals surface area contributed by atoms with Gasteiger partial charge in [0.15, 0.2) is 6.10 Å². The lowest BCUT2D eigenvalue weighted by Crippen LogP contribution is -2.29. The van der Waals surface area contributed by atoms with Crippen molar-refractivity contribution in [2.24, 2.45) is 0 Å². The molecule has 0 saturated carbocycles. The normalized spacial score (nSPS) is 13.2. The molecule has 1 atom stereocenters. The number of hydrogen-bond acceptors (Lipinski definition) is 6. The van der Waals surface area contributed by atoms with E-state index in [-0.39, 0.29) is 19.4 Å². The van der Waals surface area contributed by atoms with Gasteiger partial charge in [0.1, 0.15) is 6.61 Å². The molecular formula is C38H65O8P. The number of phosphoric ester groups is 1. The van der Waals surface area contributed by atoms with E-state index in [1.807, 2.05) is 0 Å². The smallest absolute Gasteiger partial charge is 0.462 e. The first-order valence-electron chi connectivity index (χ1n) is 18.1. The van der Waals surface area contributed by atoms with Gasteiger partial charge >= 0.3 is 19.8 Å². The Labute approximate surface area is 286 Å². The van der Waals surface area contributed by atoms with Crippen LogP contribution in [-0.4, -0.2) is 41.0 Å². The van der Waals surface area contributed by atoms with E-state index < -0.39 is 32.5 Å². The molecule has 0 radical (unpaired) electrons. The first kappa shape index (κ1) is 44.8. The second-order valence-electron chi connectivity index (χ2n) is 11.8. The molecular weight excluding hydrogens is 615 g/mol. The van der Waals surface area contributed by atoms with Crippen LogP contribution in [0.1, 0.15) is 149 Å². The minimum atomic E-state index is -4.76. The third kappa shape index (κ3) is 36.4. The van der Waals surface area contributed by atoms with Crippen molar-refractivity contribution >= 4 is 19.8 Å². The second-order valence-corrected chi connectivity index (χ2v) is 13.0. The fourth-order valence-electron chi connectivity index (χ4n) is 4.59. The van der Waals surface area contributed by atoms with Gasteiger partial charge in [0.05, 0.1) is 6.61 Å². The summed E-state index contributed by atoms with van der Waals surface area (Å²) in [6, 6.07) is 0. The minimum Gasteiger partial charge on any atom is -0.462 e. The first-order valence-corrected chi connectivity index (χ1v) is 19.6. The third-order valence-corrected chi connectivity index (χ3v) is 7.76. The molecule has 270 valence electrons. The topological polar surface area (TPSA) is 119 Å². The molecule has 2 N–H and O–H groups in total. The molecule has 0 bridgehead atoms. The molecule has 0 aromatic carbocycles. The summed E-state index contributed by atoms with van der Waals surface area (Å²) >= 11 is 0. The minimum absolute atomic E-state index is 0.155. The lowest BCUT2D eigenvalue weighted by molar-refractivity contribution is -0.161. The van der Waals surface area contributed by atoms with E-state index in [9.17, 15) is 14.2 Å². The van der Waals surface area contributed by atoms with Gasteiger partial charge in [0.2, 0.25) is 0 Å². The van der Waals surface area contributed by atoms with E-state index in [4.69, 9.17) is 19.3 Å². The van der Waals surface area contributed by atoms with Crippen LogP contribution < -0.4 is 0 Å². The van der Waals surface area contributed by atoms with Crippen molar-refractivity contribution in [3.8, 4) is 0 Å². The second kappa shape index (κ2) is 33.6. The van der Waals surface area contributed by atoms with Crippen LogP contribution in [0, 0.1) is 0 Å². The van der Waals surface area contributed by atoms with Crippen LogP contribution in [0.4, 0.5) is 0 Å². The van der Waals surface area contributed by atoms with Crippen molar-refractivity contribution < 1.29 is 37.9 Å². The molecule has 0 aliphatic carbocycles. The Morgan fingerprint density at radius 1 is 0.574 bits per heavy atom. The zero-order chi connectivity index (χ0) is 34.7. The molecule has 0 unspecified atom stereocenters. The van der Waals surface area contributed by atoms with Crippen molar-refractivity contribution in [1.82, 2.24) is 0 Å². The molecule has 8 nitrogen and oxygen atoms in total. The lowest BCUT2D eigenvalue weighted by Gasteiger charge is -2.18. The summed E-state index contributed by atoms with van der Waals surface area (Å²) in [7, 11) is -4.76. The number of ether oxygens (including phenoxy) is 2. The fourth-order valence-corrected chi connectivity index (χ4v) is 4.95. The standard InChI is InChI=1S/C38H65O8P/c1-3-5-7-9-11-13-15-17-19-21-23-25-27-29-31-33-38(40)46-36(35-45-47(41,42)43)34-44-37(39)32-30-28-26-24-22-20-18-16-14-12-10-8-6-4-2/h5,7,11,13,16-19,23,25,36H,3-4,6,8-10,12,14-15,20-22,24,26-35H2,1-2H3,(H2,41,42,43)/b7-5+,13-11+,18-16+,19-17+,25-23+/t36-/m1/s1. The molecule has 0 aromatic rings. The maximum Gasteiger partial charge on any atom is 0.469 e. The monoisotopic (exact) mass is 680 g/mol. The van der Waals surface area contributed by atoms with Crippen molar-refractivity contribution in [2.75, 3.05) is 13.2 Å². The summed E-state index contributed by atoms with van der Waals surface area (Å²) in [4.78, 5) is 42.6. The number of phosphoric acid groups is 1. The Balaban J connectivity index is 4.09. The number of carbonyl (C=O) groups excluding carboxylic acids is 2. The SMILES string of the molecule is CC/C=C/C/C=C/C/C=C/C/C=C/CCCCC(=O)O[C@H](COC(=O)CCCCCCC/C=C/CCCCCCC)COP(=O)(O)O. The summed E-state index contributed by atoms with van der Waals surface area (Å²) in [5, 5.41) is 0. The lowest BCUT2D eigenvalue weighted by atomic mass is 10.1. The van der Waals surface area contributed by atoms with Crippen molar-refractivity contribution in [3.63, 3.8) is 0 Å².